The van der Waals surface area contributed by atoms with Crippen molar-refractivity contribution in [1.29, 1.82) is 0 Å². The first kappa shape index (κ1) is 28.4. The lowest BCUT2D eigenvalue weighted by Gasteiger charge is -2.22. The fourth-order valence-electron chi connectivity index (χ4n) is 2.52. The maximum absolute atomic E-state index is 12.6. The Balaban J connectivity index is 5.09. The Kier molecular flexibility index (Phi) is 13.5. The summed E-state index contributed by atoms with van der Waals surface area (Å²) in [7, 11) is 0. The van der Waals surface area contributed by atoms with Crippen molar-refractivity contribution in [2.75, 3.05) is 13.1 Å². The number of carboxylic acid groups (broad SMARTS) is 1. The van der Waals surface area contributed by atoms with Crippen LogP contribution in [0.4, 0.5) is 0 Å². The van der Waals surface area contributed by atoms with Crippen LogP contribution < -0.4 is 45.0 Å². The molecular formula is C17H34N10O5. The Hall–Kier alpha value is -3.62. The minimum atomic E-state index is -1.36. The van der Waals surface area contributed by atoms with Gasteiger partial charge in [-0.15, -0.1) is 0 Å². The van der Waals surface area contributed by atoms with Crippen molar-refractivity contribution in [2.24, 2.45) is 44.4 Å². The van der Waals surface area contributed by atoms with E-state index in [1.807, 2.05) is 0 Å². The van der Waals surface area contributed by atoms with Crippen molar-refractivity contribution < 1.29 is 24.3 Å². The third-order valence-corrected chi connectivity index (χ3v) is 4.18. The monoisotopic (exact) mass is 458 g/mol. The number of nitrogens with one attached hydrogen (secondary N) is 2. The zero-order valence-electron chi connectivity index (χ0n) is 17.8. The first-order chi connectivity index (χ1) is 14.9. The molecule has 15 heteroatoms. The summed E-state index contributed by atoms with van der Waals surface area (Å²) in [6, 6.07) is -3.40. The van der Waals surface area contributed by atoms with Crippen LogP contribution in [0.2, 0.25) is 0 Å². The third kappa shape index (κ3) is 13.6. The molecule has 0 saturated heterocycles. The molecule has 32 heavy (non-hydrogen) atoms. The second kappa shape index (κ2) is 15.2. The van der Waals surface area contributed by atoms with E-state index in [1.165, 1.54) is 0 Å². The van der Waals surface area contributed by atoms with Gasteiger partial charge >= 0.3 is 5.97 Å². The maximum Gasteiger partial charge on any atom is 0.326 e. The number of primary amides is 1. The molecule has 0 bridgehead atoms. The van der Waals surface area contributed by atoms with Gasteiger partial charge in [-0.05, 0) is 32.1 Å². The molecule has 0 spiro atoms. The lowest BCUT2D eigenvalue weighted by molar-refractivity contribution is -0.142. The lowest BCUT2D eigenvalue weighted by atomic mass is 10.1. The van der Waals surface area contributed by atoms with Gasteiger partial charge < -0.3 is 50.1 Å². The van der Waals surface area contributed by atoms with Crippen molar-refractivity contribution >= 4 is 35.6 Å². The highest BCUT2D eigenvalue weighted by molar-refractivity contribution is 5.91. The second-order valence-corrected chi connectivity index (χ2v) is 6.97. The molecule has 0 rings (SSSR count). The van der Waals surface area contributed by atoms with Crippen LogP contribution in [0, 0.1) is 0 Å². The van der Waals surface area contributed by atoms with Gasteiger partial charge in [0.2, 0.25) is 17.7 Å². The van der Waals surface area contributed by atoms with Crippen molar-refractivity contribution in [1.82, 2.24) is 10.6 Å². The molecule has 15 nitrogen and oxygen atoms in total. The van der Waals surface area contributed by atoms with Crippen LogP contribution in [0.3, 0.4) is 0 Å². The fourth-order valence-corrected chi connectivity index (χ4v) is 2.52. The molecule has 0 aliphatic carbocycles. The lowest BCUT2D eigenvalue weighted by Crippen LogP contribution is -2.54. The molecule has 0 radical (unpaired) electrons. The topological polar surface area (TPSA) is 293 Å². The molecule has 0 aromatic rings. The molecule has 0 aromatic carbocycles. The number of amides is 3. The molecule has 0 aliphatic rings. The first-order valence-electron chi connectivity index (χ1n) is 9.92. The van der Waals surface area contributed by atoms with Crippen LogP contribution in [0.15, 0.2) is 9.98 Å². The van der Waals surface area contributed by atoms with Gasteiger partial charge in [0.15, 0.2) is 11.9 Å². The van der Waals surface area contributed by atoms with E-state index in [4.69, 9.17) is 34.4 Å². The number of nitrogens with zero attached hydrogens (tertiary/aromatic N) is 2. The SMILES string of the molecule is NC(=O)CCC(NC(=O)C(CCCN=C(N)N)NC(=O)C(N)CCCN=C(N)N)C(=O)O. The summed E-state index contributed by atoms with van der Waals surface area (Å²) >= 11 is 0. The van der Waals surface area contributed by atoms with Crippen LogP contribution in [0.1, 0.15) is 38.5 Å². The van der Waals surface area contributed by atoms with Crippen molar-refractivity contribution in [2.45, 2.75) is 56.7 Å². The quantitative estimate of drug-likeness (QED) is 0.0609. The molecule has 3 unspecified atom stereocenters. The third-order valence-electron chi connectivity index (χ3n) is 4.18. The Morgan fingerprint density at radius 1 is 0.750 bits per heavy atom. The fraction of sp³-hybridized carbons (Fsp3) is 0.647. The number of nitrogens with two attached hydrogens (primary N) is 6. The van der Waals surface area contributed by atoms with E-state index in [0.29, 0.717) is 12.8 Å². The number of carboxylic acids is 1. The van der Waals surface area contributed by atoms with Crippen LogP contribution in [-0.2, 0) is 19.2 Å². The Morgan fingerprint density at radius 2 is 1.25 bits per heavy atom. The highest BCUT2D eigenvalue weighted by atomic mass is 16.4. The van der Waals surface area contributed by atoms with Gasteiger partial charge in [0.05, 0.1) is 6.04 Å². The number of rotatable bonds is 16. The molecule has 3 atom stereocenters. The predicted octanol–water partition coefficient (Wildman–Crippen LogP) is -4.26. The number of carbonyl (C=O) groups is 4. The standard InChI is InChI=1S/C17H34N10O5/c18-9(3-1-7-24-16(20)21)13(29)26-10(4-2-8-25-17(22)23)14(30)27-11(15(31)32)5-6-12(19)28/h9-11H,1-8,18H2,(H2,19,28)(H,26,29)(H,27,30)(H,31,32)(H4,20,21,24)(H4,22,23,25). The van der Waals surface area contributed by atoms with Gasteiger partial charge in [-0.1, -0.05) is 0 Å². The number of aliphatic carboxylic acids is 1. The summed E-state index contributed by atoms with van der Waals surface area (Å²) in [4.78, 5) is 55.0. The number of hydrogen-bond donors (Lipinski definition) is 9. The van der Waals surface area contributed by atoms with E-state index >= 15 is 0 Å². The number of carbonyl (C=O) groups excluding carboxylic acids is 3. The average molecular weight is 459 g/mol. The van der Waals surface area contributed by atoms with Crippen molar-refractivity contribution in [3.63, 3.8) is 0 Å². The predicted molar refractivity (Wildman–Crippen MR) is 118 cm³/mol. The van der Waals surface area contributed by atoms with Crippen LogP contribution in [0.25, 0.3) is 0 Å². The molecule has 0 saturated carbocycles. The molecule has 0 fully saturated rings. The molecule has 182 valence electrons. The Morgan fingerprint density at radius 3 is 1.72 bits per heavy atom. The van der Waals surface area contributed by atoms with Gasteiger partial charge in [-0.3, -0.25) is 24.4 Å². The van der Waals surface area contributed by atoms with E-state index in [9.17, 15) is 24.3 Å². The highest BCUT2D eigenvalue weighted by Gasteiger charge is 2.27. The number of hydrogen-bond acceptors (Lipinski definition) is 7. The summed E-state index contributed by atoms with van der Waals surface area (Å²) in [6.45, 7) is 0.475. The highest BCUT2D eigenvalue weighted by Crippen LogP contribution is 2.04. The van der Waals surface area contributed by atoms with Gasteiger partial charge in [0.1, 0.15) is 12.1 Å². The zero-order chi connectivity index (χ0) is 24.7. The van der Waals surface area contributed by atoms with Crippen LogP contribution in [-0.4, -0.2) is 71.9 Å². The smallest absolute Gasteiger partial charge is 0.326 e. The van der Waals surface area contributed by atoms with Gasteiger partial charge in [0.25, 0.3) is 0 Å². The number of guanidine groups is 2. The summed E-state index contributed by atoms with van der Waals surface area (Å²) in [6.07, 6.45) is 0.671. The zero-order valence-corrected chi connectivity index (χ0v) is 17.8. The molecular weight excluding hydrogens is 424 g/mol. The summed E-state index contributed by atoms with van der Waals surface area (Å²) in [5.41, 5.74) is 31.8. The van der Waals surface area contributed by atoms with E-state index < -0.39 is 41.8 Å². The minimum absolute atomic E-state index is 0.0788. The maximum atomic E-state index is 12.6. The van der Waals surface area contributed by atoms with E-state index in [2.05, 4.69) is 20.6 Å². The summed E-state index contributed by atoms with van der Waals surface area (Å²) < 4.78 is 0. The van der Waals surface area contributed by atoms with Crippen LogP contribution >= 0.6 is 0 Å². The second-order valence-electron chi connectivity index (χ2n) is 6.97. The largest absolute Gasteiger partial charge is 0.480 e. The van der Waals surface area contributed by atoms with Crippen molar-refractivity contribution in [3.8, 4) is 0 Å². The van der Waals surface area contributed by atoms with E-state index in [1.54, 1.807) is 0 Å². The average Bonchev–Trinajstić information content (AvgIpc) is 2.69. The first-order valence-corrected chi connectivity index (χ1v) is 9.92. The van der Waals surface area contributed by atoms with Gasteiger partial charge in [-0.2, -0.15) is 0 Å². The van der Waals surface area contributed by atoms with Gasteiger partial charge in [0, 0.05) is 19.5 Å². The van der Waals surface area contributed by atoms with Crippen LogP contribution in [0.5, 0.6) is 0 Å². The Labute approximate surface area is 185 Å². The molecule has 15 N–H and O–H groups in total. The summed E-state index contributed by atoms with van der Waals surface area (Å²) in [5, 5.41) is 14.1. The molecule has 0 heterocycles. The Bertz CT molecular complexity index is 704. The molecule has 3 amide bonds. The summed E-state index contributed by atoms with van der Waals surface area (Å²) in [5.74, 6) is -3.63. The molecule has 0 aromatic heterocycles. The van der Waals surface area contributed by atoms with E-state index in [0.717, 1.165) is 0 Å². The van der Waals surface area contributed by atoms with E-state index in [-0.39, 0.29) is 50.7 Å². The minimum Gasteiger partial charge on any atom is -0.480 e. The van der Waals surface area contributed by atoms with Crippen molar-refractivity contribution in [3.05, 3.63) is 0 Å². The number of aliphatic imine (C=N–C) groups is 2. The van der Waals surface area contributed by atoms with Gasteiger partial charge in [-0.25, -0.2) is 4.79 Å². The normalized spacial score (nSPS) is 13.2. The molecule has 0 aliphatic heterocycles.